The van der Waals surface area contributed by atoms with Crippen LogP contribution in [0.2, 0.25) is 0 Å². The average Bonchev–Trinajstić information content (AvgIpc) is 2.70. The molecule has 0 saturated carbocycles. The van der Waals surface area contributed by atoms with E-state index in [9.17, 15) is 9.18 Å². The van der Waals surface area contributed by atoms with Gasteiger partial charge in [-0.3, -0.25) is 0 Å². The van der Waals surface area contributed by atoms with E-state index in [-0.39, 0.29) is 5.56 Å². The summed E-state index contributed by atoms with van der Waals surface area (Å²) in [6, 6.07) is 7.94. The van der Waals surface area contributed by atoms with E-state index in [1.807, 2.05) is 5.38 Å². The van der Waals surface area contributed by atoms with Crippen molar-refractivity contribution in [3.63, 3.8) is 0 Å². The van der Waals surface area contributed by atoms with Gasteiger partial charge in [-0.25, -0.2) is 9.18 Å². The second kappa shape index (κ2) is 3.82. The molecular weight excluding hydrogens is 215 g/mol. The van der Waals surface area contributed by atoms with Crippen LogP contribution in [0.25, 0.3) is 10.4 Å². The number of halogens is 1. The molecule has 2 aromatic rings. The summed E-state index contributed by atoms with van der Waals surface area (Å²) in [5, 5.41) is 10.6. The summed E-state index contributed by atoms with van der Waals surface area (Å²) in [6.45, 7) is 0. The van der Waals surface area contributed by atoms with Crippen molar-refractivity contribution in [2.75, 3.05) is 0 Å². The summed E-state index contributed by atoms with van der Waals surface area (Å²) in [5.74, 6) is -1.92. The Morgan fingerprint density at radius 1 is 1.27 bits per heavy atom. The molecule has 0 aliphatic rings. The summed E-state index contributed by atoms with van der Waals surface area (Å²) in [6.07, 6.45) is 0. The van der Waals surface area contributed by atoms with E-state index in [4.69, 9.17) is 5.11 Å². The molecule has 0 spiro atoms. The van der Waals surface area contributed by atoms with Crippen molar-refractivity contribution in [3.05, 3.63) is 47.1 Å². The van der Waals surface area contributed by atoms with Gasteiger partial charge in [0.2, 0.25) is 0 Å². The molecule has 2 nitrogen and oxygen atoms in total. The number of carboxylic acid groups (broad SMARTS) is 1. The van der Waals surface area contributed by atoms with Crippen LogP contribution < -0.4 is 0 Å². The minimum absolute atomic E-state index is 0.291. The minimum atomic E-state index is -1.24. The number of hydrogen-bond donors (Lipinski definition) is 1. The molecule has 2 rings (SSSR count). The summed E-state index contributed by atoms with van der Waals surface area (Å²) in [5.41, 5.74) is 0.0470. The third kappa shape index (κ3) is 1.76. The highest BCUT2D eigenvalue weighted by molar-refractivity contribution is 7.13. The van der Waals surface area contributed by atoms with E-state index < -0.39 is 11.8 Å². The third-order valence-corrected chi connectivity index (χ3v) is 2.92. The highest BCUT2D eigenvalue weighted by Crippen LogP contribution is 2.28. The first-order chi connectivity index (χ1) is 7.20. The molecule has 0 bridgehead atoms. The van der Waals surface area contributed by atoms with E-state index in [2.05, 4.69) is 0 Å². The van der Waals surface area contributed by atoms with Gasteiger partial charge in [0.05, 0.1) is 5.56 Å². The molecule has 1 N–H and O–H groups in total. The SMILES string of the molecule is O=C(O)c1cccc(-c2cccs2)c1F. The zero-order valence-corrected chi connectivity index (χ0v) is 8.42. The van der Waals surface area contributed by atoms with Gasteiger partial charge in [-0.2, -0.15) is 0 Å². The number of benzene rings is 1. The maximum Gasteiger partial charge on any atom is 0.338 e. The topological polar surface area (TPSA) is 37.3 Å². The van der Waals surface area contributed by atoms with Gasteiger partial charge in [0, 0.05) is 10.4 Å². The number of carboxylic acids is 1. The largest absolute Gasteiger partial charge is 0.478 e. The first-order valence-electron chi connectivity index (χ1n) is 4.26. The summed E-state index contributed by atoms with van der Waals surface area (Å²) < 4.78 is 13.7. The molecule has 0 atom stereocenters. The van der Waals surface area contributed by atoms with Gasteiger partial charge in [-0.1, -0.05) is 18.2 Å². The summed E-state index contributed by atoms with van der Waals surface area (Å²) in [7, 11) is 0. The lowest BCUT2D eigenvalue weighted by atomic mass is 10.1. The first kappa shape index (κ1) is 9.86. The van der Waals surface area contributed by atoms with Crippen molar-refractivity contribution in [2.24, 2.45) is 0 Å². The Balaban J connectivity index is 2.59. The summed E-state index contributed by atoms with van der Waals surface area (Å²) >= 11 is 1.38. The van der Waals surface area contributed by atoms with E-state index in [1.165, 1.54) is 17.4 Å². The van der Waals surface area contributed by atoms with Crippen molar-refractivity contribution in [2.45, 2.75) is 0 Å². The maximum absolute atomic E-state index is 13.7. The molecule has 4 heteroatoms. The fourth-order valence-electron chi connectivity index (χ4n) is 1.32. The van der Waals surface area contributed by atoms with Crippen LogP contribution in [-0.2, 0) is 0 Å². The van der Waals surface area contributed by atoms with Gasteiger partial charge >= 0.3 is 5.97 Å². The van der Waals surface area contributed by atoms with Crippen molar-refractivity contribution in [1.29, 1.82) is 0 Å². The molecule has 1 aromatic carbocycles. The molecule has 0 amide bonds. The fourth-order valence-corrected chi connectivity index (χ4v) is 2.06. The quantitative estimate of drug-likeness (QED) is 0.846. The molecule has 0 aliphatic heterocycles. The minimum Gasteiger partial charge on any atom is -0.478 e. The van der Waals surface area contributed by atoms with Crippen LogP contribution in [0.4, 0.5) is 4.39 Å². The third-order valence-electron chi connectivity index (χ3n) is 2.02. The Hall–Kier alpha value is -1.68. The standard InChI is InChI=1S/C11H7FO2S/c12-10-7(9-5-2-6-15-9)3-1-4-8(10)11(13)14/h1-6H,(H,13,14). The molecule has 0 fully saturated rings. The predicted molar refractivity (Wildman–Crippen MR) is 56.7 cm³/mol. The fraction of sp³-hybridized carbons (Fsp3) is 0. The van der Waals surface area contributed by atoms with E-state index in [1.54, 1.807) is 24.3 Å². The van der Waals surface area contributed by atoms with Crippen molar-refractivity contribution in [3.8, 4) is 10.4 Å². The van der Waals surface area contributed by atoms with Crippen LogP contribution in [0.3, 0.4) is 0 Å². The second-order valence-corrected chi connectivity index (χ2v) is 3.90. The number of hydrogen-bond acceptors (Lipinski definition) is 2. The Bertz CT molecular complexity index is 491. The molecule has 76 valence electrons. The van der Waals surface area contributed by atoms with Gasteiger partial charge in [0.25, 0.3) is 0 Å². The number of rotatable bonds is 2. The number of aromatic carboxylic acids is 1. The zero-order valence-electron chi connectivity index (χ0n) is 7.61. The molecule has 0 radical (unpaired) electrons. The zero-order chi connectivity index (χ0) is 10.8. The van der Waals surface area contributed by atoms with Crippen LogP contribution in [0.5, 0.6) is 0 Å². The van der Waals surface area contributed by atoms with Crippen LogP contribution in [0.1, 0.15) is 10.4 Å². The Labute approximate surface area is 89.6 Å². The van der Waals surface area contributed by atoms with Crippen molar-refractivity contribution in [1.82, 2.24) is 0 Å². The lowest BCUT2D eigenvalue weighted by Crippen LogP contribution is -2.01. The Morgan fingerprint density at radius 2 is 2.07 bits per heavy atom. The van der Waals surface area contributed by atoms with Gasteiger partial charge in [-0.15, -0.1) is 11.3 Å². The smallest absolute Gasteiger partial charge is 0.338 e. The number of carbonyl (C=O) groups is 1. The Kier molecular flexibility index (Phi) is 2.51. The van der Waals surface area contributed by atoms with Gasteiger partial charge in [0.1, 0.15) is 5.82 Å². The molecule has 1 aromatic heterocycles. The van der Waals surface area contributed by atoms with E-state index in [0.29, 0.717) is 5.56 Å². The van der Waals surface area contributed by atoms with Crippen LogP contribution >= 0.6 is 11.3 Å². The average molecular weight is 222 g/mol. The van der Waals surface area contributed by atoms with Gasteiger partial charge in [-0.05, 0) is 17.5 Å². The molecular formula is C11H7FO2S. The monoisotopic (exact) mass is 222 g/mol. The highest BCUT2D eigenvalue weighted by Gasteiger charge is 2.14. The lowest BCUT2D eigenvalue weighted by Gasteiger charge is -2.02. The van der Waals surface area contributed by atoms with Crippen LogP contribution in [0, 0.1) is 5.82 Å². The van der Waals surface area contributed by atoms with Crippen molar-refractivity contribution >= 4 is 17.3 Å². The van der Waals surface area contributed by atoms with Crippen molar-refractivity contribution < 1.29 is 14.3 Å². The predicted octanol–water partition coefficient (Wildman–Crippen LogP) is 3.25. The summed E-state index contributed by atoms with van der Waals surface area (Å²) in [4.78, 5) is 11.4. The molecule has 0 unspecified atom stereocenters. The molecule has 15 heavy (non-hydrogen) atoms. The van der Waals surface area contributed by atoms with E-state index in [0.717, 1.165) is 4.88 Å². The second-order valence-electron chi connectivity index (χ2n) is 2.95. The van der Waals surface area contributed by atoms with Crippen LogP contribution in [0.15, 0.2) is 35.7 Å². The molecule has 0 saturated heterocycles. The Morgan fingerprint density at radius 3 is 2.67 bits per heavy atom. The normalized spacial score (nSPS) is 10.2. The maximum atomic E-state index is 13.7. The van der Waals surface area contributed by atoms with Crippen LogP contribution in [-0.4, -0.2) is 11.1 Å². The highest BCUT2D eigenvalue weighted by atomic mass is 32.1. The van der Waals surface area contributed by atoms with Gasteiger partial charge in [0.15, 0.2) is 0 Å². The number of thiophene rings is 1. The molecule has 0 aliphatic carbocycles. The first-order valence-corrected chi connectivity index (χ1v) is 5.14. The van der Waals surface area contributed by atoms with Gasteiger partial charge < -0.3 is 5.11 Å². The lowest BCUT2D eigenvalue weighted by molar-refractivity contribution is 0.0692. The van der Waals surface area contributed by atoms with E-state index >= 15 is 0 Å². The molecule has 1 heterocycles.